The number of hydrogen-bond acceptors (Lipinski definition) is 4. The average Bonchev–Trinajstić information content (AvgIpc) is 2.30. The van der Waals surface area contributed by atoms with E-state index in [9.17, 15) is 13.2 Å². The predicted octanol–water partition coefficient (Wildman–Crippen LogP) is 0.415. The molecule has 0 aromatic carbocycles. The fourth-order valence-corrected chi connectivity index (χ4v) is 3.61. The molecule has 0 amide bonds. The molecule has 1 unspecified atom stereocenters. The fraction of sp³-hybridized carbons (Fsp3) is 0.800. The molecule has 0 radical (unpaired) electrons. The van der Waals surface area contributed by atoms with Gasteiger partial charge in [-0.2, -0.15) is 9.57 Å². The Labute approximate surface area is 101 Å². The smallest absolute Gasteiger partial charge is 0.307 e. The van der Waals surface area contributed by atoms with Crippen LogP contribution in [-0.4, -0.2) is 42.1 Å². The van der Waals surface area contributed by atoms with Gasteiger partial charge in [-0.25, -0.2) is 8.42 Å². The van der Waals surface area contributed by atoms with E-state index in [0.717, 1.165) is 4.31 Å². The number of hydrogen-bond donors (Lipinski definition) is 1. The first-order valence-corrected chi connectivity index (χ1v) is 7.05. The van der Waals surface area contributed by atoms with Crippen LogP contribution in [0.3, 0.4) is 0 Å². The first-order chi connectivity index (χ1) is 7.93. The molecule has 17 heavy (non-hydrogen) atoms. The molecular weight excluding hydrogens is 244 g/mol. The fourth-order valence-electron chi connectivity index (χ4n) is 1.92. The monoisotopic (exact) mass is 260 g/mol. The normalized spacial score (nSPS) is 23.9. The predicted molar refractivity (Wildman–Crippen MR) is 60.5 cm³/mol. The lowest BCUT2D eigenvalue weighted by molar-refractivity contribution is -0.142. The van der Waals surface area contributed by atoms with Crippen molar-refractivity contribution in [3.63, 3.8) is 0 Å². The molecule has 2 atom stereocenters. The van der Waals surface area contributed by atoms with Gasteiger partial charge in [0.25, 0.3) is 0 Å². The number of aliphatic carboxylic acids is 1. The summed E-state index contributed by atoms with van der Waals surface area (Å²) in [4.78, 5) is 10.8. The molecule has 1 saturated heterocycles. The van der Waals surface area contributed by atoms with Gasteiger partial charge in [0.05, 0.1) is 12.0 Å². The molecule has 1 rings (SSSR count). The molecule has 1 aliphatic heterocycles. The van der Waals surface area contributed by atoms with E-state index in [1.54, 1.807) is 13.0 Å². The third-order valence-electron chi connectivity index (χ3n) is 2.97. The Hall–Kier alpha value is -1.13. The molecule has 1 heterocycles. The molecule has 6 nitrogen and oxygen atoms in total. The second kappa shape index (κ2) is 5.47. The third kappa shape index (κ3) is 2.96. The number of sulfonamides is 1. The van der Waals surface area contributed by atoms with Gasteiger partial charge in [-0.3, -0.25) is 4.79 Å². The summed E-state index contributed by atoms with van der Waals surface area (Å²) in [6, 6.07) is 1.76. The van der Waals surface area contributed by atoms with E-state index in [1.165, 1.54) is 0 Å². The van der Waals surface area contributed by atoms with Crippen molar-refractivity contribution < 1.29 is 18.3 Å². The van der Waals surface area contributed by atoms with E-state index >= 15 is 0 Å². The van der Waals surface area contributed by atoms with Crippen molar-refractivity contribution in [2.75, 3.05) is 13.1 Å². The Morgan fingerprint density at radius 3 is 2.76 bits per heavy atom. The van der Waals surface area contributed by atoms with Gasteiger partial charge in [-0.05, 0) is 19.3 Å². The SMILES string of the molecule is CCC(C#N)S(=O)(=O)N1CCC[C@H](C(=O)O)C1. The van der Waals surface area contributed by atoms with Gasteiger partial charge in [0.15, 0.2) is 5.25 Å². The van der Waals surface area contributed by atoms with Gasteiger partial charge in [0.2, 0.25) is 10.0 Å². The summed E-state index contributed by atoms with van der Waals surface area (Å²) in [6.07, 6.45) is 1.23. The number of carboxylic acid groups (broad SMARTS) is 1. The zero-order valence-corrected chi connectivity index (χ0v) is 10.5. The molecular formula is C10H16N2O4S. The van der Waals surface area contributed by atoms with Crippen LogP contribution in [0.25, 0.3) is 0 Å². The largest absolute Gasteiger partial charge is 0.481 e. The minimum atomic E-state index is -3.68. The summed E-state index contributed by atoms with van der Waals surface area (Å²) >= 11 is 0. The Morgan fingerprint density at radius 2 is 2.29 bits per heavy atom. The van der Waals surface area contributed by atoms with Gasteiger partial charge in [0, 0.05) is 13.1 Å². The van der Waals surface area contributed by atoms with Crippen LogP contribution >= 0.6 is 0 Å². The van der Waals surface area contributed by atoms with Crippen LogP contribution in [0.15, 0.2) is 0 Å². The Bertz CT molecular complexity index is 426. The maximum Gasteiger partial charge on any atom is 0.307 e. The van der Waals surface area contributed by atoms with Crippen molar-refractivity contribution in [2.24, 2.45) is 5.92 Å². The number of carboxylic acids is 1. The van der Waals surface area contributed by atoms with Crippen molar-refractivity contribution in [3.05, 3.63) is 0 Å². The van der Waals surface area contributed by atoms with Crippen LogP contribution in [0, 0.1) is 17.2 Å². The first kappa shape index (κ1) is 13.9. The first-order valence-electron chi connectivity index (χ1n) is 5.54. The maximum atomic E-state index is 12.0. The van der Waals surface area contributed by atoms with Crippen LogP contribution in [0.4, 0.5) is 0 Å². The zero-order valence-electron chi connectivity index (χ0n) is 9.66. The Balaban J connectivity index is 2.86. The summed E-state index contributed by atoms with van der Waals surface area (Å²) in [5.74, 6) is -1.63. The Morgan fingerprint density at radius 1 is 1.65 bits per heavy atom. The molecule has 0 spiro atoms. The van der Waals surface area contributed by atoms with E-state index in [-0.39, 0.29) is 13.0 Å². The number of nitrogens with zero attached hydrogens (tertiary/aromatic N) is 2. The number of piperidine rings is 1. The van der Waals surface area contributed by atoms with Crippen molar-refractivity contribution in [1.82, 2.24) is 4.31 Å². The van der Waals surface area contributed by atoms with Crippen LogP contribution in [-0.2, 0) is 14.8 Å². The summed E-state index contributed by atoms with van der Waals surface area (Å²) in [7, 11) is -3.68. The van der Waals surface area contributed by atoms with Crippen molar-refractivity contribution >= 4 is 16.0 Å². The molecule has 7 heteroatoms. The lowest BCUT2D eigenvalue weighted by Crippen LogP contribution is -2.45. The molecule has 0 aromatic heterocycles. The number of carbonyl (C=O) groups is 1. The molecule has 1 fully saturated rings. The van der Waals surface area contributed by atoms with E-state index in [0.29, 0.717) is 19.4 Å². The number of nitriles is 1. The van der Waals surface area contributed by atoms with E-state index < -0.39 is 27.2 Å². The molecule has 0 aliphatic carbocycles. The highest BCUT2D eigenvalue weighted by Crippen LogP contribution is 2.22. The minimum Gasteiger partial charge on any atom is -0.481 e. The van der Waals surface area contributed by atoms with Crippen LogP contribution in [0.5, 0.6) is 0 Å². The molecule has 0 bridgehead atoms. The van der Waals surface area contributed by atoms with Crippen LogP contribution in [0.1, 0.15) is 26.2 Å². The third-order valence-corrected chi connectivity index (χ3v) is 5.18. The van der Waals surface area contributed by atoms with Gasteiger partial charge in [-0.1, -0.05) is 6.92 Å². The van der Waals surface area contributed by atoms with E-state index in [1.807, 2.05) is 0 Å². The lowest BCUT2D eigenvalue weighted by atomic mass is 10.0. The summed E-state index contributed by atoms with van der Waals surface area (Å²) in [5, 5.41) is 16.6. The van der Waals surface area contributed by atoms with E-state index in [4.69, 9.17) is 10.4 Å². The standard InChI is InChI=1S/C10H16N2O4S/c1-2-9(6-11)17(15,16)12-5-3-4-8(7-12)10(13)14/h8-9H,2-5,7H2,1H3,(H,13,14)/t8-,9?/m0/s1. The van der Waals surface area contributed by atoms with Gasteiger partial charge >= 0.3 is 5.97 Å². The quantitative estimate of drug-likeness (QED) is 0.789. The topological polar surface area (TPSA) is 98.5 Å². The van der Waals surface area contributed by atoms with Gasteiger partial charge < -0.3 is 5.11 Å². The molecule has 0 saturated carbocycles. The van der Waals surface area contributed by atoms with Crippen molar-refractivity contribution in [3.8, 4) is 6.07 Å². The summed E-state index contributed by atoms with van der Waals surface area (Å²) < 4.78 is 25.2. The maximum absolute atomic E-state index is 12.0. The average molecular weight is 260 g/mol. The Kier molecular flexibility index (Phi) is 4.48. The molecule has 0 aromatic rings. The van der Waals surface area contributed by atoms with Crippen molar-refractivity contribution in [2.45, 2.75) is 31.4 Å². The molecule has 1 aliphatic rings. The number of rotatable bonds is 4. The van der Waals surface area contributed by atoms with Crippen LogP contribution in [0.2, 0.25) is 0 Å². The van der Waals surface area contributed by atoms with Gasteiger partial charge in [0.1, 0.15) is 0 Å². The van der Waals surface area contributed by atoms with Crippen LogP contribution < -0.4 is 0 Å². The second-order valence-corrected chi connectivity index (χ2v) is 6.22. The highest BCUT2D eigenvalue weighted by molar-refractivity contribution is 7.90. The lowest BCUT2D eigenvalue weighted by Gasteiger charge is -2.30. The summed E-state index contributed by atoms with van der Waals surface area (Å²) in [6.45, 7) is 1.92. The zero-order chi connectivity index (χ0) is 13.1. The van der Waals surface area contributed by atoms with Gasteiger partial charge in [-0.15, -0.1) is 0 Å². The van der Waals surface area contributed by atoms with Crippen molar-refractivity contribution in [1.29, 1.82) is 5.26 Å². The minimum absolute atomic E-state index is 0.0180. The second-order valence-electron chi connectivity index (χ2n) is 4.11. The van der Waals surface area contributed by atoms with E-state index in [2.05, 4.69) is 0 Å². The highest BCUT2D eigenvalue weighted by atomic mass is 32.2. The highest BCUT2D eigenvalue weighted by Gasteiger charge is 2.36. The summed E-state index contributed by atoms with van der Waals surface area (Å²) in [5.41, 5.74) is 0. The molecule has 1 N–H and O–H groups in total. The molecule has 96 valence electrons.